The number of hydrogen-bond donors (Lipinski definition) is 2. The first kappa shape index (κ1) is 13.9. The molecule has 1 aromatic carbocycles. The fourth-order valence-electron chi connectivity index (χ4n) is 2.72. The third-order valence-corrected chi connectivity index (χ3v) is 3.77. The van der Waals surface area contributed by atoms with Gasteiger partial charge >= 0.3 is 5.97 Å². The SMILES string of the molecule is COc1cccc(C2CCNC(CCC(=O)O)C2)c1. The van der Waals surface area contributed by atoms with Crippen molar-refractivity contribution in [3.05, 3.63) is 29.8 Å². The topological polar surface area (TPSA) is 58.6 Å². The zero-order valence-corrected chi connectivity index (χ0v) is 11.3. The lowest BCUT2D eigenvalue weighted by molar-refractivity contribution is -0.137. The molecule has 4 heteroatoms. The summed E-state index contributed by atoms with van der Waals surface area (Å²) in [6, 6.07) is 8.49. The highest BCUT2D eigenvalue weighted by molar-refractivity contribution is 5.66. The molecule has 0 radical (unpaired) electrons. The minimum Gasteiger partial charge on any atom is -0.497 e. The van der Waals surface area contributed by atoms with Gasteiger partial charge in [0.2, 0.25) is 0 Å². The van der Waals surface area contributed by atoms with Gasteiger partial charge in [-0.1, -0.05) is 12.1 Å². The molecular formula is C15H21NO3. The second-order valence-corrected chi connectivity index (χ2v) is 5.08. The van der Waals surface area contributed by atoms with E-state index in [1.54, 1.807) is 7.11 Å². The van der Waals surface area contributed by atoms with Gasteiger partial charge in [0.1, 0.15) is 5.75 Å². The third-order valence-electron chi connectivity index (χ3n) is 3.77. The van der Waals surface area contributed by atoms with Crippen molar-refractivity contribution in [2.75, 3.05) is 13.7 Å². The van der Waals surface area contributed by atoms with Crippen molar-refractivity contribution in [2.24, 2.45) is 0 Å². The summed E-state index contributed by atoms with van der Waals surface area (Å²) < 4.78 is 5.26. The zero-order valence-electron chi connectivity index (χ0n) is 11.3. The summed E-state index contributed by atoms with van der Waals surface area (Å²) in [5.41, 5.74) is 1.29. The molecule has 1 heterocycles. The van der Waals surface area contributed by atoms with Gasteiger partial charge in [-0.2, -0.15) is 0 Å². The van der Waals surface area contributed by atoms with Crippen molar-refractivity contribution in [1.29, 1.82) is 0 Å². The van der Waals surface area contributed by atoms with Crippen LogP contribution >= 0.6 is 0 Å². The minimum absolute atomic E-state index is 0.239. The number of ether oxygens (including phenoxy) is 1. The van der Waals surface area contributed by atoms with E-state index < -0.39 is 5.97 Å². The Labute approximate surface area is 113 Å². The van der Waals surface area contributed by atoms with E-state index in [-0.39, 0.29) is 6.42 Å². The van der Waals surface area contributed by atoms with Crippen LogP contribution in [-0.4, -0.2) is 30.8 Å². The van der Waals surface area contributed by atoms with Gasteiger partial charge in [-0.15, -0.1) is 0 Å². The van der Waals surface area contributed by atoms with E-state index in [4.69, 9.17) is 9.84 Å². The monoisotopic (exact) mass is 263 g/mol. The summed E-state index contributed by atoms with van der Waals surface area (Å²) in [6.07, 6.45) is 3.04. The molecule has 1 aliphatic rings. The van der Waals surface area contributed by atoms with Gasteiger partial charge in [-0.25, -0.2) is 0 Å². The molecule has 2 N–H and O–H groups in total. The van der Waals surface area contributed by atoms with Gasteiger partial charge < -0.3 is 15.2 Å². The zero-order chi connectivity index (χ0) is 13.7. The number of methoxy groups -OCH3 is 1. The molecule has 2 rings (SSSR count). The molecule has 0 amide bonds. The average Bonchev–Trinajstić information content (AvgIpc) is 2.45. The average molecular weight is 263 g/mol. The smallest absolute Gasteiger partial charge is 0.303 e. The van der Waals surface area contributed by atoms with Gasteiger partial charge in [0, 0.05) is 12.5 Å². The van der Waals surface area contributed by atoms with Gasteiger partial charge in [0.05, 0.1) is 7.11 Å². The Bertz CT molecular complexity index is 433. The molecule has 0 aliphatic carbocycles. The fourth-order valence-corrected chi connectivity index (χ4v) is 2.72. The normalized spacial score (nSPS) is 23.0. The molecule has 1 aromatic rings. The third kappa shape index (κ3) is 3.96. The van der Waals surface area contributed by atoms with Gasteiger partial charge in [0.15, 0.2) is 0 Å². The highest BCUT2D eigenvalue weighted by Gasteiger charge is 2.23. The lowest BCUT2D eigenvalue weighted by Crippen LogP contribution is -2.37. The maximum atomic E-state index is 10.6. The molecule has 1 aliphatic heterocycles. The summed E-state index contributed by atoms with van der Waals surface area (Å²) in [6.45, 7) is 0.951. The number of aliphatic carboxylic acids is 1. The van der Waals surface area contributed by atoms with E-state index in [0.717, 1.165) is 25.1 Å². The van der Waals surface area contributed by atoms with E-state index in [0.29, 0.717) is 18.4 Å². The number of carboxylic acid groups (broad SMARTS) is 1. The lowest BCUT2D eigenvalue weighted by Gasteiger charge is -2.30. The Morgan fingerprint density at radius 2 is 2.37 bits per heavy atom. The lowest BCUT2D eigenvalue weighted by atomic mass is 9.85. The first-order valence-electron chi connectivity index (χ1n) is 6.78. The largest absolute Gasteiger partial charge is 0.497 e. The van der Waals surface area contributed by atoms with Crippen molar-refractivity contribution in [1.82, 2.24) is 5.32 Å². The Balaban J connectivity index is 1.97. The Hall–Kier alpha value is -1.55. The molecule has 19 heavy (non-hydrogen) atoms. The van der Waals surface area contributed by atoms with Crippen molar-refractivity contribution in [3.8, 4) is 5.75 Å². The fraction of sp³-hybridized carbons (Fsp3) is 0.533. The molecule has 2 atom stereocenters. The number of nitrogens with one attached hydrogen (secondary N) is 1. The second-order valence-electron chi connectivity index (χ2n) is 5.08. The van der Waals surface area contributed by atoms with Gasteiger partial charge in [0.25, 0.3) is 0 Å². The number of rotatable bonds is 5. The molecule has 4 nitrogen and oxygen atoms in total. The molecule has 0 saturated carbocycles. The summed E-state index contributed by atoms with van der Waals surface area (Å²) in [7, 11) is 1.68. The number of piperidine rings is 1. The maximum Gasteiger partial charge on any atom is 0.303 e. The highest BCUT2D eigenvalue weighted by Crippen LogP contribution is 2.30. The van der Waals surface area contributed by atoms with Crippen LogP contribution in [0, 0.1) is 0 Å². The second kappa shape index (κ2) is 6.57. The van der Waals surface area contributed by atoms with E-state index in [2.05, 4.69) is 17.4 Å². The van der Waals surface area contributed by atoms with Crippen LogP contribution in [0.2, 0.25) is 0 Å². The summed E-state index contributed by atoms with van der Waals surface area (Å²) in [4.78, 5) is 10.6. The standard InChI is InChI=1S/C15H21NO3/c1-19-14-4-2-3-11(10-14)12-7-8-16-13(9-12)5-6-15(17)18/h2-4,10,12-13,16H,5-9H2,1H3,(H,17,18). The van der Waals surface area contributed by atoms with Gasteiger partial charge in [-0.05, 0) is 49.4 Å². The van der Waals surface area contributed by atoms with Crippen LogP contribution in [0.5, 0.6) is 5.75 Å². The maximum absolute atomic E-state index is 10.6. The van der Waals surface area contributed by atoms with Crippen molar-refractivity contribution in [2.45, 2.75) is 37.6 Å². The molecule has 0 aromatic heterocycles. The number of hydrogen-bond acceptors (Lipinski definition) is 3. The summed E-state index contributed by atoms with van der Waals surface area (Å²) in [5.74, 6) is 0.665. The van der Waals surface area contributed by atoms with Crippen LogP contribution in [0.1, 0.15) is 37.2 Å². The summed E-state index contributed by atoms with van der Waals surface area (Å²) in [5, 5.41) is 12.2. The highest BCUT2D eigenvalue weighted by atomic mass is 16.5. The van der Waals surface area contributed by atoms with Crippen molar-refractivity contribution < 1.29 is 14.6 Å². The van der Waals surface area contributed by atoms with Crippen LogP contribution in [0.25, 0.3) is 0 Å². The number of carboxylic acids is 1. The van der Waals surface area contributed by atoms with Crippen LogP contribution in [0.4, 0.5) is 0 Å². The Morgan fingerprint density at radius 1 is 1.53 bits per heavy atom. The Morgan fingerprint density at radius 3 is 3.11 bits per heavy atom. The van der Waals surface area contributed by atoms with E-state index in [9.17, 15) is 4.79 Å². The molecule has 2 unspecified atom stereocenters. The van der Waals surface area contributed by atoms with Crippen LogP contribution in [0.15, 0.2) is 24.3 Å². The molecule has 1 fully saturated rings. The molecule has 1 saturated heterocycles. The Kier molecular flexibility index (Phi) is 4.80. The quantitative estimate of drug-likeness (QED) is 0.856. The van der Waals surface area contributed by atoms with Crippen LogP contribution in [0.3, 0.4) is 0 Å². The van der Waals surface area contributed by atoms with Crippen molar-refractivity contribution >= 4 is 5.97 Å². The van der Waals surface area contributed by atoms with Gasteiger partial charge in [-0.3, -0.25) is 4.79 Å². The van der Waals surface area contributed by atoms with E-state index in [1.165, 1.54) is 5.56 Å². The predicted molar refractivity (Wildman–Crippen MR) is 73.6 cm³/mol. The molecule has 0 bridgehead atoms. The minimum atomic E-state index is -0.717. The van der Waals surface area contributed by atoms with Crippen LogP contribution in [-0.2, 0) is 4.79 Å². The molecular weight excluding hydrogens is 242 g/mol. The first-order chi connectivity index (χ1) is 9.19. The molecule has 104 valence electrons. The summed E-state index contributed by atoms with van der Waals surface area (Å²) >= 11 is 0. The molecule has 0 spiro atoms. The predicted octanol–water partition coefficient (Wildman–Crippen LogP) is 2.40. The number of carbonyl (C=O) groups is 1. The van der Waals surface area contributed by atoms with E-state index in [1.807, 2.05) is 12.1 Å². The van der Waals surface area contributed by atoms with Crippen molar-refractivity contribution in [3.63, 3.8) is 0 Å². The number of benzene rings is 1. The van der Waals surface area contributed by atoms with E-state index >= 15 is 0 Å². The van der Waals surface area contributed by atoms with Crippen LogP contribution < -0.4 is 10.1 Å². The first-order valence-corrected chi connectivity index (χ1v) is 6.78.